The van der Waals surface area contributed by atoms with Crippen molar-refractivity contribution in [3.8, 4) is 0 Å². The first-order valence-corrected chi connectivity index (χ1v) is 9.75. The van der Waals surface area contributed by atoms with Gasteiger partial charge in [-0.1, -0.05) is 24.3 Å². The van der Waals surface area contributed by atoms with Crippen LogP contribution < -0.4 is 5.32 Å². The highest BCUT2D eigenvalue weighted by molar-refractivity contribution is 7.89. The Balaban J connectivity index is 1.77. The van der Waals surface area contributed by atoms with E-state index in [0.717, 1.165) is 23.6 Å². The van der Waals surface area contributed by atoms with Crippen LogP contribution in [0.2, 0.25) is 0 Å². The molecule has 2 aromatic carbocycles. The molecule has 1 amide bonds. The van der Waals surface area contributed by atoms with E-state index < -0.39 is 10.0 Å². The number of nitrogens with zero attached hydrogens (tertiary/aromatic N) is 1. The summed E-state index contributed by atoms with van der Waals surface area (Å²) in [5.41, 5.74) is 2.92. The summed E-state index contributed by atoms with van der Waals surface area (Å²) in [7, 11) is -0.520. The average molecular weight is 358 g/mol. The highest BCUT2D eigenvalue weighted by Crippen LogP contribution is 2.29. The van der Waals surface area contributed by atoms with Crippen molar-refractivity contribution in [2.45, 2.75) is 30.2 Å². The fraction of sp³-hybridized carbons (Fsp3) is 0.316. The number of fused-ring (bicyclic) bond motifs is 1. The Kier molecular flexibility index (Phi) is 4.92. The van der Waals surface area contributed by atoms with Gasteiger partial charge in [-0.05, 0) is 54.7 Å². The van der Waals surface area contributed by atoms with Crippen molar-refractivity contribution in [1.29, 1.82) is 0 Å². The molecular formula is C19H22N2O3S. The van der Waals surface area contributed by atoms with E-state index in [4.69, 9.17) is 0 Å². The molecule has 0 radical (unpaired) electrons. The van der Waals surface area contributed by atoms with Gasteiger partial charge in [0.15, 0.2) is 0 Å². The van der Waals surface area contributed by atoms with Gasteiger partial charge in [-0.3, -0.25) is 4.79 Å². The number of carbonyl (C=O) groups excluding carboxylic acids is 1. The number of hydrogen-bond donors (Lipinski definition) is 1. The highest BCUT2D eigenvalue weighted by atomic mass is 32.2. The van der Waals surface area contributed by atoms with Crippen LogP contribution in [0.3, 0.4) is 0 Å². The van der Waals surface area contributed by atoms with E-state index in [9.17, 15) is 13.2 Å². The molecule has 25 heavy (non-hydrogen) atoms. The molecule has 0 bridgehead atoms. The maximum Gasteiger partial charge on any atom is 0.251 e. The molecule has 0 spiro atoms. The van der Waals surface area contributed by atoms with E-state index in [0.29, 0.717) is 5.56 Å². The van der Waals surface area contributed by atoms with E-state index in [1.807, 2.05) is 12.1 Å². The smallest absolute Gasteiger partial charge is 0.251 e. The molecule has 132 valence electrons. The molecule has 1 aliphatic rings. The minimum Gasteiger partial charge on any atom is -0.345 e. The second-order valence-electron chi connectivity index (χ2n) is 6.43. The number of aryl methyl sites for hydroxylation is 1. The third kappa shape index (κ3) is 3.60. The van der Waals surface area contributed by atoms with Crippen LogP contribution in [0.4, 0.5) is 0 Å². The Hall–Kier alpha value is -2.18. The highest BCUT2D eigenvalue weighted by Gasteiger charge is 2.22. The van der Waals surface area contributed by atoms with Gasteiger partial charge in [0.2, 0.25) is 10.0 Å². The molecule has 1 N–H and O–H groups in total. The number of carbonyl (C=O) groups is 1. The second kappa shape index (κ2) is 6.98. The molecule has 0 fully saturated rings. The molecule has 0 aromatic heterocycles. The van der Waals surface area contributed by atoms with E-state index in [2.05, 4.69) is 17.4 Å². The maximum atomic E-state index is 12.5. The summed E-state index contributed by atoms with van der Waals surface area (Å²) in [6.07, 6.45) is 3.00. The lowest BCUT2D eigenvalue weighted by Gasteiger charge is -2.26. The third-order valence-electron chi connectivity index (χ3n) is 4.57. The fourth-order valence-corrected chi connectivity index (χ4v) is 4.04. The molecule has 0 unspecified atom stereocenters. The molecule has 0 aliphatic heterocycles. The van der Waals surface area contributed by atoms with Crippen LogP contribution in [0.1, 0.15) is 40.4 Å². The number of sulfonamides is 1. The number of hydrogen-bond acceptors (Lipinski definition) is 3. The van der Waals surface area contributed by atoms with Gasteiger partial charge >= 0.3 is 0 Å². The molecule has 1 aliphatic carbocycles. The Labute approximate surface area is 148 Å². The first kappa shape index (κ1) is 17.6. The van der Waals surface area contributed by atoms with Gasteiger partial charge in [0.05, 0.1) is 10.9 Å². The zero-order chi connectivity index (χ0) is 18.0. The van der Waals surface area contributed by atoms with Crippen molar-refractivity contribution >= 4 is 15.9 Å². The van der Waals surface area contributed by atoms with E-state index in [1.165, 1.54) is 37.4 Å². The predicted octanol–water partition coefficient (Wildman–Crippen LogP) is 2.74. The van der Waals surface area contributed by atoms with E-state index in [1.54, 1.807) is 12.1 Å². The second-order valence-corrected chi connectivity index (χ2v) is 8.58. The van der Waals surface area contributed by atoms with Crippen LogP contribution in [0.15, 0.2) is 53.4 Å². The molecular weight excluding hydrogens is 336 g/mol. The zero-order valence-corrected chi connectivity index (χ0v) is 15.2. The van der Waals surface area contributed by atoms with Gasteiger partial charge in [-0.2, -0.15) is 0 Å². The molecule has 0 heterocycles. The van der Waals surface area contributed by atoms with Gasteiger partial charge in [0.25, 0.3) is 5.91 Å². The van der Waals surface area contributed by atoms with Crippen molar-refractivity contribution in [2.24, 2.45) is 0 Å². The van der Waals surface area contributed by atoms with Gasteiger partial charge < -0.3 is 5.32 Å². The Morgan fingerprint density at radius 1 is 1.08 bits per heavy atom. The molecule has 3 rings (SSSR count). The normalized spacial score (nSPS) is 17.2. The van der Waals surface area contributed by atoms with Crippen LogP contribution in [-0.2, 0) is 16.4 Å². The maximum absolute atomic E-state index is 12.5. The predicted molar refractivity (Wildman–Crippen MR) is 96.9 cm³/mol. The lowest BCUT2D eigenvalue weighted by molar-refractivity contribution is 0.0932. The summed E-state index contributed by atoms with van der Waals surface area (Å²) >= 11 is 0. The van der Waals surface area contributed by atoms with Crippen LogP contribution in [0.25, 0.3) is 0 Å². The van der Waals surface area contributed by atoms with Crippen molar-refractivity contribution in [3.63, 3.8) is 0 Å². The Morgan fingerprint density at radius 3 is 2.44 bits per heavy atom. The quantitative estimate of drug-likeness (QED) is 0.914. The van der Waals surface area contributed by atoms with Gasteiger partial charge in [0.1, 0.15) is 0 Å². The van der Waals surface area contributed by atoms with Crippen molar-refractivity contribution in [1.82, 2.24) is 9.62 Å². The van der Waals surface area contributed by atoms with E-state index >= 15 is 0 Å². The summed E-state index contributed by atoms with van der Waals surface area (Å²) in [4.78, 5) is 12.7. The van der Waals surface area contributed by atoms with Gasteiger partial charge in [-0.15, -0.1) is 0 Å². The fourth-order valence-electron chi connectivity index (χ4n) is 3.13. The van der Waals surface area contributed by atoms with Crippen molar-refractivity contribution in [2.75, 3.05) is 14.1 Å². The standard InChI is InChI=1S/C19H22N2O3S/c1-21(2)25(23,24)16-12-10-15(11-13-16)19(22)20-18-9-5-7-14-6-3-4-8-17(14)18/h3-4,6,8,10-13,18H,5,7,9H2,1-2H3,(H,20,22)/t18-/m0/s1. The summed E-state index contributed by atoms with van der Waals surface area (Å²) in [5.74, 6) is -0.185. The molecule has 1 atom stereocenters. The van der Waals surface area contributed by atoms with Crippen LogP contribution >= 0.6 is 0 Å². The summed E-state index contributed by atoms with van der Waals surface area (Å²) in [6, 6.07) is 14.2. The monoisotopic (exact) mass is 358 g/mol. The first-order valence-electron chi connectivity index (χ1n) is 8.31. The van der Waals surface area contributed by atoms with Crippen LogP contribution in [-0.4, -0.2) is 32.7 Å². The van der Waals surface area contributed by atoms with Gasteiger partial charge in [0, 0.05) is 19.7 Å². The number of nitrogens with one attached hydrogen (secondary N) is 1. The van der Waals surface area contributed by atoms with Crippen molar-refractivity contribution < 1.29 is 13.2 Å². The number of benzene rings is 2. The topological polar surface area (TPSA) is 66.5 Å². The third-order valence-corrected chi connectivity index (χ3v) is 6.40. The Bertz CT molecular complexity index is 874. The first-order chi connectivity index (χ1) is 11.9. The minimum atomic E-state index is -3.48. The van der Waals surface area contributed by atoms with Gasteiger partial charge in [-0.25, -0.2) is 12.7 Å². The van der Waals surface area contributed by atoms with E-state index in [-0.39, 0.29) is 16.8 Å². The molecule has 5 nitrogen and oxygen atoms in total. The van der Waals surface area contributed by atoms with Crippen molar-refractivity contribution in [3.05, 3.63) is 65.2 Å². The summed E-state index contributed by atoms with van der Waals surface area (Å²) in [6.45, 7) is 0. The SMILES string of the molecule is CN(C)S(=O)(=O)c1ccc(C(=O)N[C@H]2CCCc3ccccc32)cc1. The summed E-state index contributed by atoms with van der Waals surface area (Å²) < 4.78 is 25.3. The lowest BCUT2D eigenvalue weighted by atomic mass is 9.87. The Morgan fingerprint density at radius 2 is 1.76 bits per heavy atom. The number of amides is 1. The average Bonchev–Trinajstić information content (AvgIpc) is 2.62. The molecule has 0 saturated heterocycles. The van der Waals surface area contributed by atoms with Crippen LogP contribution in [0.5, 0.6) is 0 Å². The molecule has 0 saturated carbocycles. The minimum absolute atomic E-state index is 0.00244. The summed E-state index contributed by atoms with van der Waals surface area (Å²) in [5, 5.41) is 3.07. The van der Waals surface area contributed by atoms with Crippen LogP contribution in [0, 0.1) is 0 Å². The largest absolute Gasteiger partial charge is 0.345 e. The number of rotatable bonds is 4. The molecule has 2 aromatic rings. The molecule has 6 heteroatoms. The zero-order valence-electron chi connectivity index (χ0n) is 14.4. The lowest BCUT2D eigenvalue weighted by Crippen LogP contribution is -2.31.